The van der Waals surface area contributed by atoms with Crippen molar-refractivity contribution in [2.24, 2.45) is 0 Å². The van der Waals surface area contributed by atoms with Crippen LogP contribution in [-0.2, 0) is 0 Å². The van der Waals surface area contributed by atoms with E-state index in [2.05, 4.69) is 48.5 Å². The van der Waals surface area contributed by atoms with Crippen LogP contribution in [0.25, 0.3) is 55.0 Å². The van der Waals surface area contributed by atoms with E-state index < -0.39 is 0 Å². The van der Waals surface area contributed by atoms with Gasteiger partial charge in [-0.1, -0.05) is 60.1 Å². The van der Waals surface area contributed by atoms with E-state index in [4.69, 9.17) is 12.3 Å². The Hall–Kier alpha value is -3.00. The molecule has 0 aliphatic heterocycles. The monoisotopic (exact) mass is 302 g/mol. The van der Waals surface area contributed by atoms with Crippen molar-refractivity contribution in [2.75, 3.05) is 0 Å². The van der Waals surface area contributed by atoms with Crippen LogP contribution in [0, 0.1) is 0 Å². The molecule has 1 aromatic heterocycles. The Kier molecular flexibility index (Phi) is 2.12. The van der Waals surface area contributed by atoms with E-state index in [0.29, 0.717) is 0 Å². The maximum atomic E-state index is 6.14. The van der Waals surface area contributed by atoms with Gasteiger partial charge in [-0.15, -0.1) is 0 Å². The number of rotatable bonds is 0. The van der Waals surface area contributed by atoms with Crippen LogP contribution in [0.5, 0.6) is 0 Å². The van der Waals surface area contributed by atoms with Crippen molar-refractivity contribution in [1.29, 1.82) is 0 Å². The summed E-state index contributed by atoms with van der Waals surface area (Å²) in [5, 5.41) is 4.93. The molecule has 108 valence electrons. The van der Waals surface area contributed by atoms with Crippen molar-refractivity contribution in [1.82, 2.24) is 0 Å². The van der Waals surface area contributed by atoms with Gasteiger partial charge in [0.25, 0.3) is 0 Å². The molecule has 0 atom stereocenters. The van der Waals surface area contributed by atoms with Gasteiger partial charge >= 0.3 is 0 Å². The fourth-order valence-corrected chi connectivity index (χ4v) is 4.15. The molecular formula is C22H11BO. The SMILES string of the molecule is [B]c1ccc2c(c1)-c1cccc3c1c-2cc1oc2ccccc2c13. The number of fused-ring (bicyclic) bond motifs is 7. The van der Waals surface area contributed by atoms with E-state index >= 15 is 0 Å². The molecule has 1 heterocycles. The molecule has 0 unspecified atom stereocenters. The highest BCUT2D eigenvalue weighted by Crippen LogP contribution is 2.50. The quantitative estimate of drug-likeness (QED) is 0.352. The predicted octanol–water partition coefficient (Wildman–Crippen LogP) is 5.18. The zero-order valence-electron chi connectivity index (χ0n) is 12.8. The van der Waals surface area contributed by atoms with E-state index in [1.807, 2.05) is 18.2 Å². The van der Waals surface area contributed by atoms with Crippen LogP contribution in [0.3, 0.4) is 0 Å². The normalized spacial score (nSPS) is 12.3. The van der Waals surface area contributed by atoms with Gasteiger partial charge in [0.2, 0.25) is 0 Å². The van der Waals surface area contributed by atoms with Crippen molar-refractivity contribution in [3.8, 4) is 22.3 Å². The van der Waals surface area contributed by atoms with Crippen LogP contribution in [-0.4, -0.2) is 7.85 Å². The molecule has 0 saturated heterocycles. The molecule has 2 radical (unpaired) electrons. The fourth-order valence-electron chi connectivity index (χ4n) is 4.15. The lowest BCUT2D eigenvalue weighted by atomic mass is 9.91. The van der Waals surface area contributed by atoms with Crippen LogP contribution in [0.1, 0.15) is 0 Å². The summed E-state index contributed by atoms with van der Waals surface area (Å²) in [5.41, 5.74) is 7.63. The minimum absolute atomic E-state index is 0.799. The lowest BCUT2D eigenvalue weighted by Gasteiger charge is -2.03. The highest BCUT2D eigenvalue weighted by atomic mass is 16.3. The molecule has 1 nitrogen and oxygen atoms in total. The van der Waals surface area contributed by atoms with Gasteiger partial charge in [-0.25, -0.2) is 0 Å². The van der Waals surface area contributed by atoms with Crippen molar-refractivity contribution >= 4 is 46.0 Å². The molecule has 6 rings (SSSR count). The summed E-state index contributed by atoms with van der Waals surface area (Å²) in [6.45, 7) is 0. The molecule has 0 spiro atoms. The largest absolute Gasteiger partial charge is 0.456 e. The van der Waals surface area contributed by atoms with Crippen molar-refractivity contribution in [2.45, 2.75) is 0 Å². The van der Waals surface area contributed by atoms with E-state index in [-0.39, 0.29) is 0 Å². The minimum Gasteiger partial charge on any atom is -0.456 e. The van der Waals surface area contributed by atoms with Crippen molar-refractivity contribution in [3.63, 3.8) is 0 Å². The first-order valence-corrected chi connectivity index (χ1v) is 8.08. The Morgan fingerprint density at radius 1 is 0.583 bits per heavy atom. The third-order valence-electron chi connectivity index (χ3n) is 5.13. The Morgan fingerprint density at radius 3 is 2.42 bits per heavy atom. The van der Waals surface area contributed by atoms with Gasteiger partial charge in [-0.05, 0) is 45.2 Å². The second-order valence-electron chi connectivity index (χ2n) is 6.43. The van der Waals surface area contributed by atoms with Crippen molar-refractivity contribution in [3.05, 3.63) is 66.7 Å². The van der Waals surface area contributed by atoms with Crippen LogP contribution >= 0.6 is 0 Å². The molecule has 4 aromatic carbocycles. The van der Waals surface area contributed by atoms with Gasteiger partial charge in [0.15, 0.2) is 0 Å². The molecule has 1 aliphatic rings. The van der Waals surface area contributed by atoms with Gasteiger partial charge in [-0.2, -0.15) is 0 Å². The first kappa shape index (κ1) is 12.4. The topological polar surface area (TPSA) is 13.1 Å². The highest BCUT2D eigenvalue weighted by molar-refractivity contribution is 6.34. The molecule has 2 heteroatoms. The van der Waals surface area contributed by atoms with Gasteiger partial charge in [0.05, 0.1) is 0 Å². The number of furan rings is 1. The Balaban J connectivity index is 1.91. The fraction of sp³-hybridized carbons (Fsp3) is 0. The first-order valence-electron chi connectivity index (χ1n) is 8.08. The van der Waals surface area contributed by atoms with Crippen LogP contribution in [0.15, 0.2) is 71.1 Å². The summed E-state index contributed by atoms with van der Waals surface area (Å²) < 4.78 is 6.14. The van der Waals surface area contributed by atoms with Gasteiger partial charge in [0, 0.05) is 10.8 Å². The summed E-state index contributed by atoms with van der Waals surface area (Å²) in [6.07, 6.45) is 0. The smallest absolute Gasteiger partial charge is 0.136 e. The molecule has 5 aromatic rings. The second-order valence-corrected chi connectivity index (χ2v) is 6.43. The Morgan fingerprint density at radius 2 is 1.46 bits per heavy atom. The zero-order valence-corrected chi connectivity index (χ0v) is 12.8. The summed E-state index contributed by atoms with van der Waals surface area (Å²) in [6, 6.07) is 23.1. The molecule has 1 aliphatic carbocycles. The lowest BCUT2D eigenvalue weighted by molar-refractivity contribution is 0.669. The molecule has 0 amide bonds. The minimum atomic E-state index is 0.799. The summed E-state index contributed by atoms with van der Waals surface area (Å²) in [5.74, 6) is 0. The molecule has 0 fully saturated rings. The third-order valence-corrected chi connectivity index (χ3v) is 5.13. The lowest BCUT2D eigenvalue weighted by Crippen LogP contribution is -2.00. The van der Waals surface area contributed by atoms with Crippen LogP contribution in [0.4, 0.5) is 0 Å². The van der Waals surface area contributed by atoms with Crippen LogP contribution in [0.2, 0.25) is 0 Å². The van der Waals surface area contributed by atoms with Crippen molar-refractivity contribution < 1.29 is 4.42 Å². The van der Waals surface area contributed by atoms with E-state index in [0.717, 1.165) is 16.6 Å². The molecule has 0 N–H and O–H groups in total. The van der Waals surface area contributed by atoms with Crippen LogP contribution < -0.4 is 5.46 Å². The average Bonchev–Trinajstić information content (AvgIpc) is 3.13. The predicted molar refractivity (Wildman–Crippen MR) is 101 cm³/mol. The van der Waals surface area contributed by atoms with E-state index in [1.54, 1.807) is 0 Å². The standard InChI is InChI=1S/C22H11BO/c23-12-8-9-13-17(10-12)14-5-3-6-16-21(14)18(13)11-20-22(16)15-4-1-2-7-19(15)24-20/h1-11H. The zero-order chi connectivity index (χ0) is 15.8. The molecular weight excluding hydrogens is 291 g/mol. The van der Waals surface area contributed by atoms with Gasteiger partial charge < -0.3 is 4.42 Å². The molecule has 0 saturated carbocycles. The third kappa shape index (κ3) is 1.37. The van der Waals surface area contributed by atoms with E-state index in [1.165, 1.54) is 43.8 Å². The molecule has 0 bridgehead atoms. The van der Waals surface area contributed by atoms with Gasteiger partial charge in [-0.3, -0.25) is 0 Å². The van der Waals surface area contributed by atoms with E-state index in [9.17, 15) is 0 Å². The Labute approximate surface area is 139 Å². The number of hydrogen-bond donors (Lipinski definition) is 0. The maximum Gasteiger partial charge on any atom is 0.136 e. The average molecular weight is 302 g/mol. The number of hydrogen-bond acceptors (Lipinski definition) is 1. The number of para-hydroxylation sites is 1. The first-order chi connectivity index (χ1) is 11.8. The second kappa shape index (κ2) is 4.10. The summed E-state index contributed by atoms with van der Waals surface area (Å²) in [7, 11) is 6.03. The maximum absolute atomic E-state index is 6.14. The van der Waals surface area contributed by atoms with Gasteiger partial charge in [0.1, 0.15) is 19.0 Å². The Bertz CT molecular complexity index is 1310. The summed E-state index contributed by atoms with van der Waals surface area (Å²) >= 11 is 0. The highest BCUT2D eigenvalue weighted by Gasteiger charge is 2.24. The molecule has 24 heavy (non-hydrogen) atoms. The number of benzene rings is 4. The summed E-state index contributed by atoms with van der Waals surface area (Å²) in [4.78, 5) is 0.